The molecule has 3 heterocycles. The van der Waals surface area contributed by atoms with Gasteiger partial charge in [-0.15, -0.1) is 11.3 Å². The molecule has 2 aromatic rings. The number of morpholine rings is 1. The fraction of sp³-hybridized carbons (Fsp3) is 0.389. The molecule has 2 amide bonds. The lowest BCUT2D eigenvalue weighted by Gasteiger charge is -2.30. The molecule has 3 rings (SSSR count). The Morgan fingerprint density at radius 3 is 2.93 bits per heavy atom. The normalized spacial score (nSPS) is 16.8. The minimum Gasteiger partial charge on any atom is -0.459 e. The van der Waals surface area contributed by atoms with E-state index in [0.29, 0.717) is 35.1 Å². The standard InChI is InChI=1S/C18H20N2O6S/c1-11-8-14(19-17(22)13-4-3-6-25-13)27-16(11)18(23)26-10-15(21)20-5-7-24-12(2)9-20/h3-4,6,8,12H,5,7,9-10H2,1-2H3,(H,19,22). The highest BCUT2D eigenvalue weighted by Crippen LogP contribution is 2.28. The minimum atomic E-state index is -0.592. The fourth-order valence-electron chi connectivity index (χ4n) is 2.66. The van der Waals surface area contributed by atoms with Crippen LogP contribution in [-0.4, -0.2) is 55.1 Å². The number of hydrogen-bond donors (Lipinski definition) is 1. The Labute approximate surface area is 160 Å². The second-order valence-electron chi connectivity index (χ2n) is 6.15. The van der Waals surface area contributed by atoms with E-state index < -0.39 is 11.9 Å². The van der Waals surface area contributed by atoms with E-state index in [9.17, 15) is 14.4 Å². The average molecular weight is 392 g/mol. The third-order valence-electron chi connectivity index (χ3n) is 4.01. The maximum Gasteiger partial charge on any atom is 0.349 e. The molecule has 1 saturated heterocycles. The summed E-state index contributed by atoms with van der Waals surface area (Å²) in [7, 11) is 0. The second kappa shape index (κ2) is 8.36. The minimum absolute atomic E-state index is 0.0294. The molecule has 1 unspecified atom stereocenters. The molecule has 1 N–H and O–H groups in total. The molecule has 1 fully saturated rings. The van der Waals surface area contributed by atoms with Crippen LogP contribution in [0, 0.1) is 6.92 Å². The van der Waals surface area contributed by atoms with Crippen molar-refractivity contribution in [2.45, 2.75) is 20.0 Å². The quantitative estimate of drug-likeness (QED) is 0.784. The molecule has 144 valence electrons. The van der Waals surface area contributed by atoms with Crippen molar-refractivity contribution in [2.24, 2.45) is 0 Å². The van der Waals surface area contributed by atoms with E-state index in [2.05, 4.69) is 5.32 Å². The molecule has 0 aliphatic carbocycles. The Kier molecular flexibility index (Phi) is 5.92. The molecule has 1 aliphatic rings. The molecule has 0 bridgehead atoms. The highest BCUT2D eigenvalue weighted by molar-refractivity contribution is 7.18. The van der Waals surface area contributed by atoms with Gasteiger partial charge in [0, 0.05) is 13.1 Å². The molecular formula is C18H20N2O6S. The Bertz CT molecular complexity index is 829. The second-order valence-corrected chi connectivity index (χ2v) is 7.20. The summed E-state index contributed by atoms with van der Waals surface area (Å²) in [6, 6.07) is 4.83. The van der Waals surface area contributed by atoms with E-state index >= 15 is 0 Å². The smallest absolute Gasteiger partial charge is 0.349 e. The van der Waals surface area contributed by atoms with Crippen LogP contribution in [0.15, 0.2) is 28.9 Å². The Hall–Kier alpha value is -2.65. The van der Waals surface area contributed by atoms with Crippen LogP contribution in [0.25, 0.3) is 0 Å². The highest BCUT2D eigenvalue weighted by atomic mass is 32.1. The van der Waals surface area contributed by atoms with Gasteiger partial charge in [-0.05, 0) is 37.6 Å². The first-order valence-corrected chi connectivity index (χ1v) is 9.27. The number of amides is 2. The maximum atomic E-state index is 12.3. The Morgan fingerprint density at radius 1 is 1.41 bits per heavy atom. The number of hydrogen-bond acceptors (Lipinski definition) is 7. The molecule has 9 heteroatoms. The van der Waals surface area contributed by atoms with Crippen molar-refractivity contribution >= 4 is 34.1 Å². The number of rotatable bonds is 5. The van der Waals surface area contributed by atoms with Crippen LogP contribution in [0.3, 0.4) is 0 Å². The van der Waals surface area contributed by atoms with Gasteiger partial charge in [0.25, 0.3) is 11.8 Å². The molecule has 0 aromatic carbocycles. The summed E-state index contributed by atoms with van der Waals surface area (Å²) in [5.41, 5.74) is 0.659. The van der Waals surface area contributed by atoms with Crippen LogP contribution in [0.2, 0.25) is 0 Å². The molecule has 0 radical (unpaired) electrons. The van der Waals surface area contributed by atoms with Crippen LogP contribution in [0.4, 0.5) is 5.00 Å². The predicted molar refractivity (Wildman–Crippen MR) is 98.0 cm³/mol. The first-order chi connectivity index (χ1) is 12.9. The van der Waals surface area contributed by atoms with Crippen molar-refractivity contribution in [1.29, 1.82) is 0 Å². The van der Waals surface area contributed by atoms with Gasteiger partial charge in [0.15, 0.2) is 12.4 Å². The number of esters is 1. The summed E-state index contributed by atoms with van der Waals surface area (Å²) in [5.74, 6) is -1.07. The summed E-state index contributed by atoms with van der Waals surface area (Å²) in [4.78, 5) is 38.5. The van der Waals surface area contributed by atoms with Gasteiger partial charge in [-0.1, -0.05) is 0 Å². The van der Waals surface area contributed by atoms with Crippen molar-refractivity contribution in [3.05, 3.63) is 40.7 Å². The SMILES string of the molecule is Cc1cc(NC(=O)c2ccco2)sc1C(=O)OCC(=O)N1CCOC(C)C1. The molecule has 1 atom stereocenters. The van der Waals surface area contributed by atoms with Crippen LogP contribution in [-0.2, 0) is 14.3 Å². The first kappa shape index (κ1) is 19.1. The van der Waals surface area contributed by atoms with Gasteiger partial charge in [-0.3, -0.25) is 9.59 Å². The number of nitrogens with zero attached hydrogens (tertiary/aromatic N) is 1. The van der Waals surface area contributed by atoms with Gasteiger partial charge in [-0.25, -0.2) is 4.79 Å². The summed E-state index contributed by atoms with van der Waals surface area (Å²) < 4.78 is 15.6. The number of furan rings is 1. The number of aryl methyl sites for hydroxylation is 1. The van der Waals surface area contributed by atoms with Crippen molar-refractivity contribution in [2.75, 3.05) is 31.6 Å². The van der Waals surface area contributed by atoms with Gasteiger partial charge in [0.2, 0.25) is 0 Å². The first-order valence-electron chi connectivity index (χ1n) is 8.46. The zero-order valence-electron chi connectivity index (χ0n) is 15.0. The molecule has 1 aliphatic heterocycles. The van der Waals surface area contributed by atoms with E-state index in [-0.39, 0.29) is 24.4 Å². The zero-order valence-corrected chi connectivity index (χ0v) is 15.8. The number of ether oxygens (including phenoxy) is 2. The lowest BCUT2D eigenvalue weighted by atomic mass is 10.3. The lowest BCUT2D eigenvalue weighted by molar-refractivity contribution is -0.141. The highest BCUT2D eigenvalue weighted by Gasteiger charge is 2.23. The maximum absolute atomic E-state index is 12.3. The molecule has 0 saturated carbocycles. The van der Waals surface area contributed by atoms with Gasteiger partial charge in [0.05, 0.1) is 24.0 Å². The fourth-order valence-corrected chi connectivity index (χ4v) is 3.62. The lowest BCUT2D eigenvalue weighted by Crippen LogP contribution is -2.46. The van der Waals surface area contributed by atoms with Crippen molar-refractivity contribution in [3.8, 4) is 0 Å². The molecule has 0 spiro atoms. The molecular weight excluding hydrogens is 372 g/mol. The Balaban J connectivity index is 1.56. The van der Waals surface area contributed by atoms with Crippen LogP contribution in [0.1, 0.15) is 32.7 Å². The van der Waals surface area contributed by atoms with Crippen LogP contribution in [0.5, 0.6) is 0 Å². The van der Waals surface area contributed by atoms with Gasteiger partial charge >= 0.3 is 5.97 Å². The predicted octanol–water partition coefficient (Wildman–Crippen LogP) is 2.31. The molecule has 27 heavy (non-hydrogen) atoms. The van der Waals surface area contributed by atoms with E-state index in [1.54, 1.807) is 30.0 Å². The van der Waals surface area contributed by atoms with Crippen LogP contribution < -0.4 is 5.32 Å². The van der Waals surface area contributed by atoms with Crippen molar-refractivity contribution in [1.82, 2.24) is 4.90 Å². The summed E-state index contributed by atoms with van der Waals surface area (Å²) >= 11 is 1.09. The van der Waals surface area contributed by atoms with Gasteiger partial charge < -0.3 is 24.1 Å². The Morgan fingerprint density at radius 2 is 2.22 bits per heavy atom. The number of carbonyl (C=O) groups is 3. The third kappa shape index (κ3) is 4.75. The van der Waals surface area contributed by atoms with Gasteiger partial charge in [0.1, 0.15) is 4.88 Å². The number of nitrogens with one attached hydrogen (secondary N) is 1. The zero-order chi connectivity index (χ0) is 19.4. The van der Waals surface area contributed by atoms with E-state index in [4.69, 9.17) is 13.9 Å². The summed E-state index contributed by atoms with van der Waals surface area (Å²) in [6.45, 7) is 4.75. The molecule has 8 nitrogen and oxygen atoms in total. The van der Waals surface area contributed by atoms with E-state index in [1.165, 1.54) is 6.26 Å². The largest absolute Gasteiger partial charge is 0.459 e. The number of anilines is 1. The topological polar surface area (TPSA) is 98.1 Å². The van der Waals surface area contributed by atoms with Crippen molar-refractivity contribution < 1.29 is 28.3 Å². The van der Waals surface area contributed by atoms with E-state index in [1.807, 2.05) is 6.92 Å². The van der Waals surface area contributed by atoms with Crippen LogP contribution >= 0.6 is 11.3 Å². The van der Waals surface area contributed by atoms with Gasteiger partial charge in [-0.2, -0.15) is 0 Å². The number of carbonyl (C=O) groups excluding carboxylic acids is 3. The third-order valence-corrected chi connectivity index (χ3v) is 5.14. The number of thiophene rings is 1. The summed E-state index contributed by atoms with van der Waals surface area (Å²) in [5, 5.41) is 3.17. The monoisotopic (exact) mass is 392 g/mol. The average Bonchev–Trinajstić information content (AvgIpc) is 3.29. The summed E-state index contributed by atoms with van der Waals surface area (Å²) in [6.07, 6.45) is 1.38. The molecule has 2 aromatic heterocycles. The van der Waals surface area contributed by atoms with E-state index in [0.717, 1.165) is 11.3 Å². The van der Waals surface area contributed by atoms with Crippen molar-refractivity contribution in [3.63, 3.8) is 0 Å².